The summed E-state index contributed by atoms with van der Waals surface area (Å²) in [7, 11) is -4.73. The minimum absolute atomic E-state index is 0.0424. The van der Waals surface area contributed by atoms with Crippen molar-refractivity contribution in [1.82, 2.24) is 0 Å². The van der Waals surface area contributed by atoms with E-state index in [2.05, 4.69) is 54.8 Å². The molecule has 6 N–H and O–H groups in total. The molecule has 0 aromatic heterocycles. The fourth-order valence-electron chi connectivity index (χ4n) is 6.53. The number of Topliss-reactive ketones (excluding diaryl/α,β-unsaturated/α-hetero) is 1. The van der Waals surface area contributed by atoms with E-state index >= 15 is 0 Å². The minimum Gasteiger partial charge on any atom is -0.462 e. The van der Waals surface area contributed by atoms with Gasteiger partial charge in [-0.2, -0.15) is 0 Å². The van der Waals surface area contributed by atoms with Crippen LogP contribution >= 0.6 is 7.82 Å². The Morgan fingerprint density at radius 3 is 2.08 bits per heavy atom. The first-order chi connectivity index (χ1) is 28.3. The van der Waals surface area contributed by atoms with Gasteiger partial charge < -0.3 is 39.9 Å². The third-order valence-electron chi connectivity index (χ3n) is 9.95. The molecule has 0 amide bonds. The Balaban J connectivity index is 2.52. The van der Waals surface area contributed by atoms with Crippen molar-refractivity contribution in [2.24, 2.45) is 11.8 Å². The molecule has 0 bridgehead atoms. The second-order valence-corrected chi connectivity index (χ2v) is 16.8. The first-order valence-corrected chi connectivity index (χ1v) is 23.3. The van der Waals surface area contributed by atoms with Crippen molar-refractivity contribution in [2.45, 2.75) is 173 Å². The molecule has 59 heavy (non-hydrogen) atoms. The highest BCUT2D eigenvalue weighted by atomic mass is 31.2. The summed E-state index contributed by atoms with van der Waals surface area (Å²) in [4.78, 5) is 48.0. The lowest BCUT2D eigenvalue weighted by Gasteiger charge is -2.21. The molecule has 1 unspecified atom stereocenters. The van der Waals surface area contributed by atoms with Gasteiger partial charge in [-0.3, -0.25) is 23.4 Å². The Morgan fingerprint density at radius 2 is 1.37 bits per heavy atom. The first-order valence-electron chi connectivity index (χ1n) is 21.8. The Hall–Kier alpha value is -2.52. The SMILES string of the molecule is CC/C=C\C/C=C\C/C=C\CCCCCCCC(=O)OC[C@H](COP(=O)(O)OC[C@@H](O)CO)OC(=O)CCCCC(=O)C[C@@H]1[C@@H](/C=C/[C@@H](O)CCCCC)[C@H](O)C[C@@H]1O. The number of carbonyl (C=O) groups is 3. The highest BCUT2D eigenvalue weighted by Crippen LogP contribution is 2.43. The summed E-state index contributed by atoms with van der Waals surface area (Å²) in [5, 5.41) is 49.7. The van der Waals surface area contributed by atoms with Gasteiger partial charge in [-0.15, -0.1) is 0 Å². The van der Waals surface area contributed by atoms with E-state index in [0.717, 1.165) is 70.6 Å². The number of allylic oxidation sites excluding steroid dienone is 6. The van der Waals surface area contributed by atoms with E-state index in [-0.39, 0.29) is 44.3 Å². The van der Waals surface area contributed by atoms with Crippen molar-refractivity contribution < 1.29 is 67.9 Å². The van der Waals surface area contributed by atoms with E-state index in [0.29, 0.717) is 19.3 Å². The Bertz CT molecular complexity index is 1300. The number of aliphatic hydroxyl groups excluding tert-OH is 5. The molecule has 340 valence electrons. The molecule has 1 aliphatic carbocycles. The van der Waals surface area contributed by atoms with Crippen LogP contribution < -0.4 is 0 Å². The van der Waals surface area contributed by atoms with Gasteiger partial charge in [-0.25, -0.2) is 4.57 Å². The van der Waals surface area contributed by atoms with Gasteiger partial charge in [0.25, 0.3) is 0 Å². The number of phosphoric ester groups is 1. The molecule has 0 saturated heterocycles. The van der Waals surface area contributed by atoms with Crippen LogP contribution in [-0.2, 0) is 37.5 Å². The Labute approximate surface area is 352 Å². The van der Waals surface area contributed by atoms with Gasteiger partial charge in [0.05, 0.1) is 38.1 Å². The molecule has 0 radical (unpaired) electrons. The molecule has 0 aromatic carbocycles. The van der Waals surface area contributed by atoms with Crippen LogP contribution in [0.1, 0.15) is 142 Å². The monoisotopic (exact) mass is 858 g/mol. The van der Waals surface area contributed by atoms with Crippen LogP contribution in [0.2, 0.25) is 0 Å². The standard InChI is InChI=1S/C44H75O14P/c1-3-5-7-8-9-10-11-12-13-14-15-16-17-18-20-25-43(51)55-33-38(34-57-59(53,54)56-32-37(48)31-45)58-44(52)26-22-21-24-36(47)29-40-39(41(49)30-42(40)50)28-27-35(46)23-19-6-4-2/h5,7,9-10,12-13,27-28,35,37-42,45-46,48-50H,3-4,6,8,11,14-26,29-34H2,1-2H3,(H,53,54)/b7-5-,10-9-,13-12-,28-27+/t35-,37-,38+,39+,40+,41+,42-/m0/s1. The molecular weight excluding hydrogens is 783 g/mol. The number of unbranched alkanes of at least 4 members (excludes halogenated alkanes) is 8. The fraction of sp³-hybridized carbons (Fsp3) is 0.750. The smallest absolute Gasteiger partial charge is 0.462 e. The van der Waals surface area contributed by atoms with Crippen LogP contribution in [0.15, 0.2) is 48.6 Å². The third kappa shape index (κ3) is 28.6. The molecule has 1 aliphatic rings. The molecule has 0 heterocycles. The third-order valence-corrected chi connectivity index (χ3v) is 10.9. The zero-order chi connectivity index (χ0) is 43.7. The summed E-state index contributed by atoms with van der Waals surface area (Å²) in [6.45, 7) is 1.69. The number of aliphatic hydroxyl groups is 5. The highest BCUT2D eigenvalue weighted by Gasteiger charge is 2.41. The van der Waals surface area contributed by atoms with E-state index < -0.39 is 88.5 Å². The quantitative estimate of drug-likeness (QED) is 0.0163. The van der Waals surface area contributed by atoms with Crippen LogP contribution in [-0.4, -0.2) is 105 Å². The van der Waals surface area contributed by atoms with Crippen molar-refractivity contribution in [3.05, 3.63) is 48.6 Å². The second kappa shape index (κ2) is 34.1. The summed E-state index contributed by atoms with van der Waals surface area (Å²) >= 11 is 0. The zero-order valence-electron chi connectivity index (χ0n) is 35.5. The number of hydrogen-bond donors (Lipinski definition) is 6. The van der Waals surface area contributed by atoms with E-state index in [4.69, 9.17) is 19.1 Å². The molecule has 15 heteroatoms. The lowest BCUT2D eigenvalue weighted by atomic mass is 9.87. The second-order valence-electron chi connectivity index (χ2n) is 15.3. The van der Waals surface area contributed by atoms with Crippen molar-refractivity contribution in [3.8, 4) is 0 Å². The lowest BCUT2D eigenvalue weighted by molar-refractivity contribution is -0.161. The van der Waals surface area contributed by atoms with Crippen LogP contribution in [0.25, 0.3) is 0 Å². The van der Waals surface area contributed by atoms with Crippen LogP contribution in [0.4, 0.5) is 0 Å². The van der Waals surface area contributed by atoms with Crippen LogP contribution in [0.3, 0.4) is 0 Å². The normalized spacial score (nSPS) is 21.1. The molecule has 0 aliphatic heterocycles. The minimum atomic E-state index is -4.73. The number of carbonyl (C=O) groups excluding carboxylic acids is 3. The Kier molecular flexibility index (Phi) is 31.5. The molecule has 8 atom stereocenters. The maximum absolute atomic E-state index is 12.9. The predicted molar refractivity (Wildman–Crippen MR) is 226 cm³/mol. The summed E-state index contributed by atoms with van der Waals surface area (Å²) in [6, 6.07) is 0. The summed E-state index contributed by atoms with van der Waals surface area (Å²) < 4.78 is 32.6. The number of phosphoric acid groups is 1. The summed E-state index contributed by atoms with van der Waals surface area (Å²) in [5.74, 6) is -2.33. The first kappa shape index (κ1) is 54.5. The van der Waals surface area contributed by atoms with Crippen molar-refractivity contribution in [3.63, 3.8) is 0 Å². The molecule has 0 aromatic rings. The number of hydrogen-bond acceptors (Lipinski definition) is 13. The van der Waals surface area contributed by atoms with Crippen molar-refractivity contribution in [2.75, 3.05) is 26.4 Å². The number of ketones is 1. The molecule has 1 fully saturated rings. The molecule has 14 nitrogen and oxygen atoms in total. The predicted octanol–water partition coefficient (Wildman–Crippen LogP) is 6.89. The van der Waals surface area contributed by atoms with Crippen LogP contribution in [0.5, 0.6) is 0 Å². The van der Waals surface area contributed by atoms with Gasteiger partial charge in [0.2, 0.25) is 0 Å². The van der Waals surface area contributed by atoms with Crippen molar-refractivity contribution in [1.29, 1.82) is 0 Å². The van der Waals surface area contributed by atoms with Gasteiger partial charge in [0.1, 0.15) is 18.5 Å². The van der Waals surface area contributed by atoms with E-state index in [9.17, 15) is 44.3 Å². The van der Waals surface area contributed by atoms with Crippen molar-refractivity contribution >= 4 is 25.5 Å². The van der Waals surface area contributed by atoms with Crippen LogP contribution in [0, 0.1) is 11.8 Å². The Morgan fingerprint density at radius 1 is 0.746 bits per heavy atom. The average Bonchev–Trinajstić information content (AvgIpc) is 3.47. The number of esters is 2. The number of rotatable bonds is 36. The molecular formula is C44H75O14P. The molecule has 1 rings (SSSR count). The topological polar surface area (TPSA) is 227 Å². The van der Waals surface area contributed by atoms with Gasteiger partial charge in [-0.1, -0.05) is 101 Å². The molecule has 0 spiro atoms. The largest absolute Gasteiger partial charge is 0.472 e. The van der Waals surface area contributed by atoms with Gasteiger partial charge in [0, 0.05) is 43.9 Å². The summed E-state index contributed by atoms with van der Waals surface area (Å²) in [6.07, 6.45) is 24.2. The van der Waals surface area contributed by atoms with Gasteiger partial charge in [-0.05, 0) is 57.8 Å². The lowest BCUT2D eigenvalue weighted by Crippen LogP contribution is -2.30. The van der Waals surface area contributed by atoms with E-state index in [1.165, 1.54) is 0 Å². The highest BCUT2D eigenvalue weighted by molar-refractivity contribution is 7.47. The van der Waals surface area contributed by atoms with E-state index in [1.54, 1.807) is 12.2 Å². The number of ether oxygens (including phenoxy) is 2. The average molecular weight is 859 g/mol. The zero-order valence-corrected chi connectivity index (χ0v) is 36.4. The van der Waals surface area contributed by atoms with Gasteiger partial charge >= 0.3 is 19.8 Å². The maximum atomic E-state index is 12.9. The maximum Gasteiger partial charge on any atom is 0.472 e. The fourth-order valence-corrected chi connectivity index (χ4v) is 7.32. The molecule has 1 saturated carbocycles. The van der Waals surface area contributed by atoms with Gasteiger partial charge in [0.15, 0.2) is 6.10 Å². The summed E-state index contributed by atoms with van der Waals surface area (Å²) in [5.41, 5.74) is 0. The van der Waals surface area contributed by atoms with E-state index in [1.807, 2.05) is 0 Å².